The van der Waals surface area contributed by atoms with Crippen LogP contribution in [0, 0.1) is 11.8 Å². The molecule has 3 aliphatic rings. The summed E-state index contributed by atoms with van der Waals surface area (Å²) >= 11 is 0. The van der Waals surface area contributed by atoms with Gasteiger partial charge < -0.3 is 4.74 Å². The van der Waals surface area contributed by atoms with Crippen LogP contribution in [-0.4, -0.2) is 54.8 Å². The average molecular weight is 330 g/mol. The summed E-state index contributed by atoms with van der Waals surface area (Å²) in [5.74, 6) is 1.16. The number of rotatable bonds is 4. The topological polar surface area (TPSA) is 42.0 Å². The molecule has 0 bridgehead atoms. The van der Waals surface area contributed by atoms with Crippen LogP contribution in [-0.2, 0) is 20.9 Å². The highest BCUT2D eigenvalue weighted by Crippen LogP contribution is 2.36. The highest BCUT2D eigenvalue weighted by Gasteiger charge is 2.42. The summed E-state index contributed by atoms with van der Waals surface area (Å²) in [5.41, 5.74) is 1.37. The Balaban J connectivity index is 1.30. The zero-order valence-electron chi connectivity index (χ0n) is 14.1. The van der Waals surface area contributed by atoms with E-state index in [1.165, 1.54) is 10.6 Å². The van der Waals surface area contributed by atoms with Gasteiger partial charge in [-0.3, -0.25) is 14.5 Å². The van der Waals surface area contributed by atoms with Crippen LogP contribution in [0.1, 0.15) is 24.8 Å². The van der Waals surface area contributed by atoms with Gasteiger partial charge in [-0.15, -0.1) is 0 Å². The lowest BCUT2D eigenvalue weighted by Crippen LogP contribution is -2.42. The van der Waals surface area contributed by atoms with E-state index in [1.807, 2.05) is 0 Å². The third kappa shape index (κ3) is 3.48. The first kappa shape index (κ1) is 16.1. The molecule has 5 heteroatoms. The van der Waals surface area contributed by atoms with E-state index in [0.717, 1.165) is 45.6 Å². The quantitative estimate of drug-likeness (QED) is 0.848. The molecule has 5 nitrogen and oxygen atoms in total. The minimum Gasteiger partial charge on any atom is -0.377 e. The van der Waals surface area contributed by atoms with E-state index in [1.54, 1.807) is 0 Å². The second-order valence-corrected chi connectivity index (χ2v) is 7.19. The van der Waals surface area contributed by atoms with Crippen LogP contribution in [0.3, 0.4) is 0 Å². The summed E-state index contributed by atoms with van der Waals surface area (Å²) in [7, 11) is 0. The first-order chi connectivity index (χ1) is 11.8. The molecule has 1 aromatic rings. The number of hydroxylamine groups is 2. The van der Waals surface area contributed by atoms with E-state index >= 15 is 0 Å². The summed E-state index contributed by atoms with van der Waals surface area (Å²) in [6, 6.07) is 10.6. The Morgan fingerprint density at radius 2 is 2.08 bits per heavy atom. The van der Waals surface area contributed by atoms with Gasteiger partial charge in [-0.2, -0.15) is 0 Å². The summed E-state index contributed by atoms with van der Waals surface area (Å²) in [6.45, 7) is 5.35. The van der Waals surface area contributed by atoms with Gasteiger partial charge in [0.1, 0.15) is 0 Å². The molecule has 1 aromatic carbocycles. The molecule has 0 aromatic heterocycles. The van der Waals surface area contributed by atoms with Crippen molar-refractivity contribution >= 4 is 5.91 Å². The largest absolute Gasteiger partial charge is 0.377 e. The van der Waals surface area contributed by atoms with Gasteiger partial charge in [0.15, 0.2) is 0 Å². The lowest BCUT2D eigenvalue weighted by molar-refractivity contribution is -0.171. The molecular weight excluding hydrogens is 304 g/mol. The Hall–Kier alpha value is -1.43. The SMILES string of the molecule is O=C(C[C@H]1OC[C@H]2CN(Cc3ccccc3)CC[C@@H]21)N1CCCO1. The third-order valence-electron chi connectivity index (χ3n) is 5.53. The van der Waals surface area contributed by atoms with Crippen molar-refractivity contribution in [1.29, 1.82) is 0 Å². The fourth-order valence-electron chi connectivity index (χ4n) is 4.28. The van der Waals surface area contributed by atoms with E-state index in [-0.39, 0.29) is 12.0 Å². The van der Waals surface area contributed by atoms with Gasteiger partial charge >= 0.3 is 0 Å². The molecule has 130 valence electrons. The predicted molar refractivity (Wildman–Crippen MR) is 90.0 cm³/mol. The second kappa shape index (κ2) is 7.21. The van der Waals surface area contributed by atoms with Gasteiger partial charge in [0.05, 0.1) is 32.3 Å². The molecule has 1 amide bonds. The number of likely N-dealkylation sites (tertiary alicyclic amines) is 1. The number of piperidine rings is 1. The number of fused-ring (bicyclic) bond motifs is 1. The van der Waals surface area contributed by atoms with E-state index < -0.39 is 0 Å². The van der Waals surface area contributed by atoms with Crippen LogP contribution in [0.25, 0.3) is 0 Å². The number of nitrogens with zero attached hydrogens (tertiary/aromatic N) is 2. The number of benzene rings is 1. The smallest absolute Gasteiger partial charge is 0.248 e. The normalized spacial score (nSPS) is 30.5. The minimum absolute atomic E-state index is 0.0746. The molecule has 3 fully saturated rings. The maximum absolute atomic E-state index is 12.3. The van der Waals surface area contributed by atoms with Crippen molar-refractivity contribution in [2.24, 2.45) is 11.8 Å². The molecule has 4 rings (SSSR count). The molecule has 0 unspecified atom stereocenters. The van der Waals surface area contributed by atoms with Crippen molar-refractivity contribution in [3.05, 3.63) is 35.9 Å². The standard InChI is InChI=1S/C19H26N2O3/c22-19(21-8-4-10-24-21)11-18-17-7-9-20(13-16(17)14-23-18)12-15-5-2-1-3-6-15/h1-3,5-6,16-18H,4,7-14H2/t16-,17+,18-/m1/s1. The molecule has 0 N–H and O–H groups in total. The fraction of sp³-hybridized carbons (Fsp3) is 0.632. The molecule has 0 saturated carbocycles. The summed E-state index contributed by atoms with van der Waals surface area (Å²) in [6.07, 6.45) is 2.61. The summed E-state index contributed by atoms with van der Waals surface area (Å²) in [5, 5.41) is 1.53. The van der Waals surface area contributed by atoms with Crippen molar-refractivity contribution in [2.75, 3.05) is 32.8 Å². The van der Waals surface area contributed by atoms with Crippen molar-refractivity contribution < 1.29 is 14.4 Å². The second-order valence-electron chi connectivity index (χ2n) is 7.19. The number of carbonyl (C=O) groups excluding carboxylic acids is 1. The number of hydrogen-bond donors (Lipinski definition) is 0. The minimum atomic E-state index is 0.0746. The molecule has 3 saturated heterocycles. The Labute approximate surface area is 143 Å². The fourth-order valence-corrected chi connectivity index (χ4v) is 4.28. The van der Waals surface area contributed by atoms with E-state index in [4.69, 9.17) is 9.57 Å². The first-order valence-corrected chi connectivity index (χ1v) is 9.11. The predicted octanol–water partition coefficient (Wildman–Crippen LogP) is 2.08. The highest BCUT2D eigenvalue weighted by atomic mass is 16.7. The zero-order chi connectivity index (χ0) is 16.4. The lowest BCUT2D eigenvalue weighted by atomic mass is 9.83. The molecule has 3 aliphatic heterocycles. The maximum Gasteiger partial charge on any atom is 0.248 e. The third-order valence-corrected chi connectivity index (χ3v) is 5.53. The van der Waals surface area contributed by atoms with Gasteiger partial charge in [0, 0.05) is 19.0 Å². The van der Waals surface area contributed by atoms with Gasteiger partial charge in [0.25, 0.3) is 0 Å². The Morgan fingerprint density at radius 3 is 2.88 bits per heavy atom. The van der Waals surface area contributed by atoms with Crippen molar-refractivity contribution in [3.8, 4) is 0 Å². The van der Waals surface area contributed by atoms with Crippen molar-refractivity contribution in [1.82, 2.24) is 9.96 Å². The molecule has 0 radical (unpaired) electrons. The van der Waals surface area contributed by atoms with Crippen molar-refractivity contribution in [3.63, 3.8) is 0 Å². The Kier molecular flexibility index (Phi) is 4.83. The Bertz CT molecular complexity index is 559. The van der Waals surface area contributed by atoms with Crippen LogP contribution in [0.2, 0.25) is 0 Å². The lowest BCUT2D eigenvalue weighted by Gasteiger charge is -2.35. The van der Waals surface area contributed by atoms with Gasteiger partial charge in [-0.1, -0.05) is 30.3 Å². The average Bonchev–Trinajstić information content (AvgIpc) is 3.26. The number of ether oxygens (including phenoxy) is 1. The Morgan fingerprint density at radius 1 is 1.21 bits per heavy atom. The van der Waals surface area contributed by atoms with Gasteiger partial charge in [-0.05, 0) is 30.9 Å². The van der Waals surface area contributed by atoms with Gasteiger partial charge in [0.2, 0.25) is 5.91 Å². The zero-order valence-corrected chi connectivity index (χ0v) is 14.1. The van der Waals surface area contributed by atoms with Gasteiger partial charge in [-0.25, -0.2) is 5.06 Å². The number of amides is 1. The molecule has 0 aliphatic carbocycles. The van der Waals surface area contributed by atoms with Crippen LogP contribution in [0.5, 0.6) is 0 Å². The van der Waals surface area contributed by atoms with Crippen molar-refractivity contribution in [2.45, 2.75) is 31.9 Å². The number of hydrogen-bond acceptors (Lipinski definition) is 4. The van der Waals surface area contributed by atoms with Crippen LogP contribution >= 0.6 is 0 Å². The molecule has 0 spiro atoms. The van der Waals surface area contributed by atoms with Crippen LogP contribution < -0.4 is 0 Å². The monoisotopic (exact) mass is 330 g/mol. The van der Waals surface area contributed by atoms with E-state index in [9.17, 15) is 4.79 Å². The molecule has 3 atom stereocenters. The first-order valence-electron chi connectivity index (χ1n) is 9.11. The van der Waals surface area contributed by atoms with E-state index in [2.05, 4.69) is 35.2 Å². The van der Waals surface area contributed by atoms with Crippen LogP contribution in [0.15, 0.2) is 30.3 Å². The molecule has 3 heterocycles. The maximum atomic E-state index is 12.3. The summed E-state index contributed by atoms with van der Waals surface area (Å²) in [4.78, 5) is 20.2. The highest BCUT2D eigenvalue weighted by molar-refractivity contribution is 5.75. The molecule has 24 heavy (non-hydrogen) atoms. The number of carbonyl (C=O) groups is 1. The summed E-state index contributed by atoms with van der Waals surface area (Å²) < 4.78 is 6.00. The van der Waals surface area contributed by atoms with E-state index in [0.29, 0.717) is 24.9 Å². The van der Waals surface area contributed by atoms with Crippen LogP contribution in [0.4, 0.5) is 0 Å². The molecular formula is C19H26N2O3.